The molecule has 7 nitrogen and oxygen atoms in total. The van der Waals surface area contributed by atoms with Gasteiger partial charge < -0.3 is 20.5 Å². The van der Waals surface area contributed by atoms with Gasteiger partial charge in [0.25, 0.3) is 5.91 Å². The van der Waals surface area contributed by atoms with Gasteiger partial charge in [-0.1, -0.05) is 24.3 Å². The Morgan fingerprint density at radius 1 is 1.06 bits per heavy atom. The van der Waals surface area contributed by atoms with Crippen LogP contribution in [0.3, 0.4) is 0 Å². The van der Waals surface area contributed by atoms with E-state index in [0.717, 1.165) is 22.3 Å². The van der Waals surface area contributed by atoms with Gasteiger partial charge in [0.2, 0.25) is 5.95 Å². The number of imidazole rings is 1. The topological polar surface area (TPSA) is 88.4 Å². The highest BCUT2D eigenvalue weighted by Gasteiger charge is 2.34. The monoisotopic (exact) mass is 426 g/mol. The highest BCUT2D eigenvalue weighted by atomic mass is 16.5. The van der Waals surface area contributed by atoms with Crippen LogP contribution in [0.2, 0.25) is 0 Å². The van der Waals surface area contributed by atoms with Gasteiger partial charge in [-0.05, 0) is 61.0 Å². The van der Waals surface area contributed by atoms with Crippen molar-refractivity contribution < 1.29 is 14.6 Å². The first-order valence-electron chi connectivity index (χ1n) is 10.2. The van der Waals surface area contributed by atoms with Crippen molar-refractivity contribution >= 4 is 28.6 Å². The Balaban J connectivity index is 1.62. The van der Waals surface area contributed by atoms with Gasteiger partial charge in [-0.15, -0.1) is 0 Å². The molecule has 0 bridgehead atoms. The normalized spacial score (nSPS) is 15.2. The van der Waals surface area contributed by atoms with Crippen LogP contribution >= 0.6 is 0 Å². The molecule has 0 saturated carbocycles. The van der Waals surface area contributed by atoms with Gasteiger partial charge in [-0.3, -0.25) is 9.36 Å². The molecule has 1 aromatic heterocycles. The second kappa shape index (κ2) is 7.77. The smallest absolute Gasteiger partial charge is 0.255 e. The van der Waals surface area contributed by atoms with Crippen LogP contribution in [0.1, 0.15) is 18.5 Å². The number of fused-ring (bicyclic) bond motifs is 3. The zero-order valence-corrected chi connectivity index (χ0v) is 17.7. The van der Waals surface area contributed by atoms with Gasteiger partial charge in [-0.2, -0.15) is 0 Å². The maximum Gasteiger partial charge on any atom is 0.255 e. The number of carbonyl (C=O) groups is 1. The summed E-state index contributed by atoms with van der Waals surface area (Å²) in [5, 5.41) is 16.1. The lowest BCUT2D eigenvalue weighted by molar-refractivity contribution is -0.113. The number of aromatic hydroxyl groups is 1. The fourth-order valence-corrected chi connectivity index (χ4v) is 4.10. The minimum absolute atomic E-state index is 0.170. The quantitative estimate of drug-likeness (QED) is 0.441. The Bertz CT molecular complexity index is 1340. The Labute approximate surface area is 185 Å². The standard InChI is InChI=1S/C25H22N4O3/c1-15-22(24(31)27-17-9-13-19(32-2)14-10-17)23(16-7-11-18(30)12-8-16)29-21-6-4-3-5-20(21)28-25(29)26-15/h3-14,23,30H,1-2H3,(H,26,28)(H,27,31)/t23-/m0/s1. The molecule has 0 aliphatic carbocycles. The minimum atomic E-state index is -0.419. The summed E-state index contributed by atoms with van der Waals surface area (Å²) in [5.41, 5.74) is 4.58. The van der Waals surface area contributed by atoms with E-state index in [2.05, 4.69) is 10.6 Å². The van der Waals surface area contributed by atoms with E-state index in [1.54, 1.807) is 43.5 Å². The number of rotatable bonds is 4. The van der Waals surface area contributed by atoms with Crippen LogP contribution in [-0.4, -0.2) is 27.7 Å². The number of hydrogen-bond donors (Lipinski definition) is 3. The SMILES string of the molecule is COc1ccc(NC(=O)C2=C(C)Nc3nc4ccccc4n3[C@H]2c2ccc(O)cc2)cc1. The van der Waals surface area contributed by atoms with Crippen molar-refractivity contribution in [3.8, 4) is 11.5 Å². The lowest BCUT2D eigenvalue weighted by atomic mass is 9.94. The van der Waals surface area contributed by atoms with Gasteiger partial charge in [0.1, 0.15) is 11.5 Å². The number of amides is 1. The molecule has 3 aromatic carbocycles. The molecular weight excluding hydrogens is 404 g/mol. The Morgan fingerprint density at radius 3 is 2.50 bits per heavy atom. The summed E-state index contributed by atoms with van der Waals surface area (Å²) in [7, 11) is 1.60. The van der Waals surface area contributed by atoms with Gasteiger partial charge in [0.05, 0.1) is 29.8 Å². The zero-order valence-electron chi connectivity index (χ0n) is 17.7. The summed E-state index contributed by atoms with van der Waals surface area (Å²) in [6.07, 6.45) is 0. The molecule has 1 aliphatic heterocycles. The van der Waals surface area contributed by atoms with Gasteiger partial charge in [-0.25, -0.2) is 4.98 Å². The number of carbonyl (C=O) groups excluding carboxylic acids is 1. The average molecular weight is 426 g/mol. The summed E-state index contributed by atoms with van der Waals surface area (Å²) in [5.74, 6) is 1.34. The number of methoxy groups -OCH3 is 1. The molecule has 7 heteroatoms. The number of aromatic nitrogens is 2. The van der Waals surface area contributed by atoms with Crippen molar-refractivity contribution in [1.82, 2.24) is 9.55 Å². The van der Waals surface area contributed by atoms with Crippen LogP contribution < -0.4 is 15.4 Å². The van der Waals surface area contributed by atoms with E-state index in [4.69, 9.17) is 9.72 Å². The highest BCUT2D eigenvalue weighted by Crippen LogP contribution is 2.39. The van der Waals surface area contributed by atoms with Crippen molar-refractivity contribution in [2.45, 2.75) is 13.0 Å². The molecule has 1 amide bonds. The Hall–Kier alpha value is -4.26. The number of allylic oxidation sites excluding steroid dienone is 1. The molecule has 1 atom stereocenters. The molecule has 2 heterocycles. The number of phenolic OH excluding ortho intramolecular Hbond substituents is 1. The molecule has 0 radical (unpaired) electrons. The van der Waals surface area contributed by atoms with Crippen molar-refractivity contribution in [2.24, 2.45) is 0 Å². The van der Waals surface area contributed by atoms with E-state index in [1.165, 1.54) is 0 Å². The Kier molecular flexibility index (Phi) is 4.78. The van der Waals surface area contributed by atoms with Crippen LogP contribution in [0.15, 0.2) is 84.1 Å². The average Bonchev–Trinajstić information content (AvgIpc) is 3.17. The van der Waals surface area contributed by atoms with E-state index in [1.807, 2.05) is 47.9 Å². The highest BCUT2D eigenvalue weighted by molar-refractivity contribution is 6.06. The first-order valence-corrected chi connectivity index (χ1v) is 10.2. The number of phenols is 1. The van der Waals surface area contributed by atoms with Crippen LogP contribution in [0.5, 0.6) is 11.5 Å². The van der Waals surface area contributed by atoms with Crippen LogP contribution in [-0.2, 0) is 4.79 Å². The fraction of sp³-hybridized carbons (Fsp3) is 0.120. The number of nitrogens with zero attached hydrogens (tertiary/aromatic N) is 2. The molecular formula is C25H22N4O3. The number of para-hydroxylation sites is 2. The van der Waals surface area contributed by atoms with Crippen molar-refractivity contribution in [3.05, 3.63) is 89.6 Å². The van der Waals surface area contributed by atoms with E-state index < -0.39 is 6.04 Å². The van der Waals surface area contributed by atoms with Crippen LogP contribution in [0, 0.1) is 0 Å². The number of anilines is 2. The van der Waals surface area contributed by atoms with E-state index >= 15 is 0 Å². The van der Waals surface area contributed by atoms with Crippen molar-refractivity contribution in [2.75, 3.05) is 17.7 Å². The summed E-state index contributed by atoms with van der Waals surface area (Å²) >= 11 is 0. The molecule has 0 unspecified atom stereocenters. The lowest BCUT2D eigenvalue weighted by Gasteiger charge is -2.30. The molecule has 4 aromatic rings. The maximum absolute atomic E-state index is 13.5. The second-order valence-corrected chi connectivity index (χ2v) is 7.63. The van der Waals surface area contributed by atoms with E-state index in [0.29, 0.717) is 23.0 Å². The summed E-state index contributed by atoms with van der Waals surface area (Å²) in [6, 6.07) is 21.5. The zero-order chi connectivity index (χ0) is 22.2. The van der Waals surface area contributed by atoms with Gasteiger partial charge >= 0.3 is 0 Å². The molecule has 160 valence electrons. The molecule has 0 fully saturated rings. The first kappa shape index (κ1) is 19.7. The number of benzene rings is 3. The molecule has 0 spiro atoms. The fourth-order valence-electron chi connectivity index (χ4n) is 4.10. The summed E-state index contributed by atoms with van der Waals surface area (Å²) < 4.78 is 7.23. The van der Waals surface area contributed by atoms with E-state index in [9.17, 15) is 9.90 Å². The third-order valence-corrected chi connectivity index (χ3v) is 5.63. The minimum Gasteiger partial charge on any atom is -0.508 e. The molecule has 0 saturated heterocycles. The van der Waals surface area contributed by atoms with Crippen molar-refractivity contribution in [1.29, 1.82) is 0 Å². The van der Waals surface area contributed by atoms with E-state index in [-0.39, 0.29) is 11.7 Å². The number of nitrogens with one attached hydrogen (secondary N) is 2. The molecule has 3 N–H and O–H groups in total. The molecule has 32 heavy (non-hydrogen) atoms. The first-order chi connectivity index (χ1) is 15.5. The van der Waals surface area contributed by atoms with Crippen LogP contribution in [0.25, 0.3) is 11.0 Å². The Morgan fingerprint density at radius 2 is 1.78 bits per heavy atom. The predicted octanol–water partition coefficient (Wildman–Crippen LogP) is 4.68. The molecule has 5 rings (SSSR count). The predicted molar refractivity (Wildman–Crippen MR) is 124 cm³/mol. The van der Waals surface area contributed by atoms with Crippen LogP contribution in [0.4, 0.5) is 11.6 Å². The van der Waals surface area contributed by atoms with Gasteiger partial charge in [0.15, 0.2) is 0 Å². The maximum atomic E-state index is 13.5. The third kappa shape index (κ3) is 3.33. The largest absolute Gasteiger partial charge is 0.508 e. The second-order valence-electron chi connectivity index (χ2n) is 7.63. The summed E-state index contributed by atoms with van der Waals surface area (Å²) in [6.45, 7) is 1.87. The number of ether oxygens (including phenoxy) is 1. The van der Waals surface area contributed by atoms with Crippen molar-refractivity contribution in [3.63, 3.8) is 0 Å². The molecule has 1 aliphatic rings. The number of hydrogen-bond acceptors (Lipinski definition) is 5. The lowest BCUT2D eigenvalue weighted by Crippen LogP contribution is -2.30. The third-order valence-electron chi connectivity index (χ3n) is 5.63. The summed E-state index contributed by atoms with van der Waals surface area (Å²) in [4.78, 5) is 18.2. The van der Waals surface area contributed by atoms with Gasteiger partial charge in [0, 0.05) is 11.4 Å².